The standard InChI is InChI=1S/C67H40N10/c1-2-20-41(21-3-1)51-40-61(73-52-30-12-4-22-42(52)43-23-5-13-31-53(43)73)69-64(68-51)77-58-36-18-10-28-48(58)49-38-39-60-62(63(49)77)50-29-11-19-37-59(50)76(60)67-71-65(74-54-32-14-6-24-44(54)45-25-7-15-33-55(45)74)70-66(72-67)75-56-34-16-8-26-46(56)47-27-9-17-35-57(47)75/h1-40H. The van der Waals surface area contributed by atoms with Gasteiger partial charge in [0.15, 0.2) is 0 Å². The molecule has 0 saturated heterocycles. The molecule has 77 heavy (non-hydrogen) atoms. The summed E-state index contributed by atoms with van der Waals surface area (Å²) in [7, 11) is 0. The highest BCUT2D eigenvalue weighted by Gasteiger charge is 2.27. The molecular formula is C67H40N10. The minimum Gasteiger partial charge on any atom is -0.294 e. The van der Waals surface area contributed by atoms with Crippen LogP contribution in [0.25, 0.3) is 150 Å². The highest BCUT2D eigenvalue weighted by molar-refractivity contribution is 6.26. The molecule has 0 aliphatic heterocycles. The van der Waals surface area contributed by atoms with E-state index >= 15 is 0 Å². The van der Waals surface area contributed by atoms with Crippen molar-refractivity contribution in [3.05, 3.63) is 243 Å². The van der Waals surface area contributed by atoms with E-state index in [0.717, 1.165) is 126 Å². The Balaban J connectivity index is 0.996. The molecule has 7 aromatic heterocycles. The van der Waals surface area contributed by atoms with Crippen molar-refractivity contribution in [2.75, 3.05) is 0 Å². The molecule has 0 bridgehead atoms. The molecule has 10 heteroatoms. The van der Waals surface area contributed by atoms with Gasteiger partial charge < -0.3 is 0 Å². The number of fused-ring (bicyclic) bond motifs is 16. The molecule has 0 N–H and O–H groups in total. The average Bonchev–Trinajstić information content (AvgIpc) is 4.48. The molecule has 0 spiro atoms. The summed E-state index contributed by atoms with van der Waals surface area (Å²) in [4.78, 5) is 27.8. The van der Waals surface area contributed by atoms with E-state index < -0.39 is 0 Å². The third-order valence-electron chi connectivity index (χ3n) is 15.6. The lowest BCUT2D eigenvalue weighted by atomic mass is 10.1. The lowest BCUT2D eigenvalue weighted by Crippen LogP contribution is -2.13. The summed E-state index contributed by atoms with van der Waals surface area (Å²) in [6.45, 7) is 0. The molecule has 17 aromatic rings. The second-order valence-electron chi connectivity index (χ2n) is 19.7. The van der Waals surface area contributed by atoms with Crippen LogP contribution < -0.4 is 0 Å². The van der Waals surface area contributed by atoms with Gasteiger partial charge in [0.1, 0.15) is 5.82 Å². The number of hydrogen-bond acceptors (Lipinski definition) is 5. The Morgan fingerprint density at radius 2 is 0.545 bits per heavy atom. The van der Waals surface area contributed by atoms with Crippen LogP contribution in [-0.4, -0.2) is 47.8 Å². The number of aromatic nitrogens is 10. The van der Waals surface area contributed by atoms with E-state index in [1.807, 2.05) is 6.07 Å². The maximum absolute atomic E-state index is 5.65. The SMILES string of the molecule is c1ccc(-c2cc(-n3c4ccccc4c4ccccc43)nc(-n3c4ccccc4c4ccc5c(c6ccccc6n5-c5nc(-n6c7ccccc7c7ccccc76)nc(-n6c7ccccc7c7ccccc76)n5)c43)n2)cc1. The summed E-state index contributed by atoms with van der Waals surface area (Å²) in [5, 5.41) is 11.0. The molecule has 10 aromatic carbocycles. The van der Waals surface area contributed by atoms with Gasteiger partial charge in [0.25, 0.3) is 0 Å². The average molecular weight is 985 g/mol. The quantitative estimate of drug-likeness (QED) is 0.166. The smallest absolute Gasteiger partial charge is 0.241 e. The van der Waals surface area contributed by atoms with E-state index in [4.69, 9.17) is 24.9 Å². The zero-order valence-corrected chi connectivity index (χ0v) is 41.1. The van der Waals surface area contributed by atoms with Crippen molar-refractivity contribution in [1.29, 1.82) is 0 Å². The molecule has 0 radical (unpaired) electrons. The Morgan fingerprint density at radius 1 is 0.221 bits per heavy atom. The Kier molecular flexibility index (Phi) is 8.62. The normalized spacial score (nSPS) is 12.2. The van der Waals surface area contributed by atoms with Gasteiger partial charge in [0, 0.05) is 65.5 Å². The fraction of sp³-hybridized carbons (Fsp3) is 0. The van der Waals surface area contributed by atoms with Gasteiger partial charge in [-0.15, -0.1) is 0 Å². The predicted octanol–water partition coefficient (Wildman–Crippen LogP) is 15.8. The zero-order valence-electron chi connectivity index (χ0n) is 41.1. The van der Waals surface area contributed by atoms with E-state index in [0.29, 0.717) is 23.8 Å². The first-order valence-electron chi connectivity index (χ1n) is 25.9. The molecule has 10 nitrogen and oxygen atoms in total. The molecule has 0 aliphatic rings. The van der Waals surface area contributed by atoms with Crippen LogP contribution in [0, 0.1) is 0 Å². The first kappa shape index (κ1) is 41.7. The molecule has 0 aliphatic carbocycles. The van der Waals surface area contributed by atoms with Crippen LogP contribution >= 0.6 is 0 Å². The minimum atomic E-state index is 0.484. The third kappa shape index (κ3) is 5.91. The number of hydrogen-bond donors (Lipinski definition) is 0. The first-order valence-corrected chi connectivity index (χ1v) is 25.9. The lowest BCUT2D eigenvalue weighted by Gasteiger charge is -2.14. The van der Waals surface area contributed by atoms with Gasteiger partial charge in [-0.2, -0.15) is 19.9 Å². The van der Waals surface area contributed by atoms with Crippen molar-refractivity contribution < 1.29 is 0 Å². The Labute approximate surface area is 438 Å². The monoisotopic (exact) mass is 984 g/mol. The van der Waals surface area contributed by atoms with E-state index in [-0.39, 0.29) is 0 Å². The highest BCUT2D eigenvalue weighted by atomic mass is 15.3. The Hall–Kier alpha value is -10.7. The van der Waals surface area contributed by atoms with Crippen molar-refractivity contribution in [2.24, 2.45) is 0 Å². The fourth-order valence-electron chi connectivity index (χ4n) is 12.4. The molecule has 0 atom stereocenters. The van der Waals surface area contributed by atoms with Crippen LogP contribution in [0.3, 0.4) is 0 Å². The molecule has 0 unspecified atom stereocenters. The van der Waals surface area contributed by atoms with Gasteiger partial charge >= 0.3 is 0 Å². The maximum atomic E-state index is 5.65. The lowest BCUT2D eigenvalue weighted by molar-refractivity contribution is 0.848. The van der Waals surface area contributed by atoms with Crippen LogP contribution in [0.1, 0.15) is 0 Å². The minimum absolute atomic E-state index is 0.484. The number of rotatable bonds is 6. The summed E-state index contributed by atoms with van der Waals surface area (Å²) in [5.74, 6) is 2.83. The van der Waals surface area contributed by atoms with E-state index in [9.17, 15) is 0 Å². The first-order chi connectivity index (χ1) is 38.2. The maximum Gasteiger partial charge on any atom is 0.241 e. The largest absolute Gasteiger partial charge is 0.294 e. The Bertz CT molecular complexity index is 5010. The predicted molar refractivity (Wildman–Crippen MR) is 313 cm³/mol. The van der Waals surface area contributed by atoms with Gasteiger partial charge in [0.05, 0.1) is 60.9 Å². The second-order valence-corrected chi connectivity index (χ2v) is 19.7. The summed E-state index contributed by atoms with van der Waals surface area (Å²) < 4.78 is 11.1. The van der Waals surface area contributed by atoms with Crippen LogP contribution in [0.15, 0.2) is 243 Å². The molecule has 0 saturated carbocycles. The summed E-state index contributed by atoms with van der Waals surface area (Å²) in [6, 6.07) is 85.3. The fourth-order valence-corrected chi connectivity index (χ4v) is 12.4. The molecule has 0 fully saturated rings. The summed E-state index contributed by atoms with van der Waals surface area (Å²) >= 11 is 0. The number of para-hydroxylation sites is 8. The highest BCUT2D eigenvalue weighted by Crippen LogP contribution is 2.43. The van der Waals surface area contributed by atoms with Crippen molar-refractivity contribution in [3.63, 3.8) is 0 Å². The van der Waals surface area contributed by atoms with Crippen LogP contribution in [0.5, 0.6) is 0 Å². The third-order valence-corrected chi connectivity index (χ3v) is 15.6. The molecular weight excluding hydrogens is 945 g/mol. The van der Waals surface area contributed by atoms with Gasteiger partial charge in [0.2, 0.25) is 23.8 Å². The number of nitrogens with zero attached hydrogens (tertiary/aromatic N) is 10. The van der Waals surface area contributed by atoms with Gasteiger partial charge in [-0.3, -0.25) is 22.8 Å². The van der Waals surface area contributed by atoms with Crippen molar-refractivity contribution >= 4 is 109 Å². The molecule has 0 amide bonds. The summed E-state index contributed by atoms with van der Waals surface area (Å²) in [5.41, 5.74) is 11.8. The van der Waals surface area contributed by atoms with Crippen molar-refractivity contribution in [3.8, 4) is 40.9 Å². The van der Waals surface area contributed by atoms with Crippen LogP contribution in [0.2, 0.25) is 0 Å². The molecule has 17 rings (SSSR count). The van der Waals surface area contributed by atoms with Gasteiger partial charge in [-0.05, 0) is 54.6 Å². The second kappa shape index (κ2) is 15.9. The van der Waals surface area contributed by atoms with Crippen LogP contribution in [-0.2, 0) is 0 Å². The van der Waals surface area contributed by atoms with Crippen LogP contribution in [0.4, 0.5) is 0 Å². The van der Waals surface area contributed by atoms with E-state index in [2.05, 4.69) is 259 Å². The van der Waals surface area contributed by atoms with Crippen molar-refractivity contribution in [2.45, 2.75) is 0 Å². The molecule has 7 heterocycles. The van der Waals surface area contributed by atoms with Gasteiger partial charge in [-0.1, -0.05) is 182 Å². The van der Waals surface area contributed by atoms with Gasteiger partial charge in [-0.25, -0.2) is 4.98 Å². The van der Waals surface area contributed by atoms with E-state index in [1.165, 1.54) is 0 Å². The summed E-state index contributed by atoms with van der Waals surface area (Å²) in [6.07, 6.45) is 0. The number of benzene rings is 10. The molecule has 358 valence electrons. The Morgan fingerprint density at radius 3 is 0.987 bits per heavy atom. The topological polar surface area (TPSA) is 89.1 Å². The zero-order chi connectivity index (χ0) is 50.3. The van der Waals surface area contributed by atoms with E-state index in [1.54, 1.807) is 0 Å². The van der Waals surface area contributed by atoms with Crippen molar-refractivity contribution in [1.82, 2.24) is 47.8 Å².